The van der Waals surface area contributed by atoms with Gasteiger partial charge in [-0.15, -0.1) is 0 Å². The zero-order valence-corrected chi connectivity index (χ0v) is 11.0. The number of nitrogens with two attached hydrogens (primary N) is 1. The first-order valence-electron chi connectivity index (χ1n) is 5.45. The Morgan fingerprint density at radius 3 is 2.58 bits per heavy atom. The third-order valence-electron chi connectivity index (χ3n) is 2.49. The molecule has 0 saturated carbocycles. The number of hydrogen-bond acceptors (Lipinski definition) is 3. The Kier molecular flexibility index (Phi) is 4.94. The molecule has 1 aromatic heterocycles. The molecule has 0 aliphatic rings. The van der Waals surface area contributed by atoms with Crippen LogP contribution in [0, 0.1) is 0 Å². The predicted octanol–water partition coefficient (Wildman–Crippen LogP) is 0.127. The van der Waals surface area contributed by atoms with E-state index in [0.29, 0.717) is 5.02 Å². The summed E-state index contributed by atoms with van der Waals surface area (Å²) in [6.07, 6.45) is 1.34. The second-order valence-electron chi connectivity index (χ2n) is 4.02. The van der Waals surface area contributed by atoms with Gasteiger partial charge < -0.3 is 20.7 Å². The molecule has 0 unspecified atom stereocenters. The second-order valence-corrected chi connectivity index (χ2v) is 4.46. The molecule has 1 heterocycles. The molecule has 0 spiro atoms. The summed E-state index contributed by atoms with van der Waals surface area (Å²) < 4.78 is 1.48. The highest BCUT2D eigenvalue weighted by Crippen LogP contribution is 2.13. The number of nitrogens with zero attached hydrogens (tertiary/aromatic N) is 1. The van der Waals surface area contributed by atoms with Crippen molar-refractivity contribution in [2.45, 2.75) is 18.9 Å². The number of carboxylic acids is 1. The standard InChI is InChI=1S/C11H14ClN3O4/c1-15-5-6(12)4-8(15)10(17)14-7(11(18)19)2-3-9(13)16/h4-5,7H,2-3H2,1H3,(H2,13,16)(H,14,17)(H,18,19)/t7-/m1/s1. The van der Waals surface area contributed by atoms with Crippen LogP contribution >= 0.6 is 11.6 Å². The monoisotopic (exact) mass is 287 g/mol. The Balaban J connectivity index is 2.74. The lowest BCUT2D eigenvalue weighted by molar-refractivity contribution is -0.139. The number of rotatable bonds is 6. The minimum atomic E-state index is -1.23. The van der Waals surface area contributed by atoms with Crippen LogP contribution in [0.15, 0.2) is 12.3 Å². The lowest BCUT2D eigenvalue weighted by atomic mass is 10.1. The molecule has 1 aromatic rings. The molecule has 4 N–H and O–H groups in total. The summed E-state index contributed by atoms with van der Waals surface area (Å²) in [6.45, 7) is 0. The maximum absolute atomic E-state index is 11.9. The van der Waals surface area contributed by atoms with Crippen molar-refractivity contribution >= 4 is 29.4 Å². The normalized spacial score (nSPS) is 11.9. The molecule has 2 amide bonds. The van der Waals surface area contributed by atoms with Gasteiger partial charge in [0.1, 0.15) is 11.7 Å². The highest BCUT2D eigenvalue weighted by Gasteiger charge is 2.22. The zero-order chi connectivity index (χ0) is 14.6. The maximum Gasteiger partial charge on any atom is 0.326 e. The van der Waals surface area contributed by atoms with Gasteiger partial charge in [-0.05, 0) is 12.5 Å². The maximum atomic E-state index is 11.9. The number of nitrogens with one attached hydrogen (secondary N) is 1. The summed E-state index contributed by atoms with van der Waals surface area (Å²) in [5, 5.41) is 11.6. The van der Waals surface area contributed by atoms with Gasteiger partial charge in [-0.2, -0.15) is 0 Å². The molecular formula is C11H14ClN3O4. The smallest absolute Gasteiger partial charge is 0.326 e. The quantitative estimate of drug-likeness (QED) is 0.689. The zero-order valence-electron chi connectivity index (χ0n) is 10.2. The molecule has 0 fully saturated rings. The van der Waals surface area contributed by atoms with Crippen LogP contribution in [-0.2, 0) is 16.6 Å². The summed E-state index contributed by atoms with van der Waals surface area (Å²) in [7, 11) is 1.61. The molecule has 0 aromatic carbocycles. The Bertz CT molecular complexity index is 512. The Morgan fingerprint density at radius 1 is 1.53 bits per heavy atom. The molecule has 0 aliphatic heterocycles. The Hall–Kier alpha value is -2.02. The number of carboxylic acid groups (broad SMARTS) is 1. The van der Waals surface area contributed by atoms with Crippen molar-refractivity contribution in [3.8, 4) is 0 Å². The van der Waals surface area contributed by atoms with Gasteiger partial charge in [0.2, 0.25) is 5.91 Å². The average molecular weight is 288 g/mol. The molecule has 0 radical (unpaired) electrons. The molecule has 19 heavy (non-hydrogen) atoms. The molecule has 7 nitrogen and oxygen atoms in total. The van der Waals surface area contributed by atoms with Gasteiger partial charge in [0.15, 0.2) is 0 Å². The van der Waals surface area contributed by atoms with E-state index in [0.717, 1.165) is 0 Å². The number of aryl methyl sites for hydroxylation is 1. The third kappa shape index (κ3) is 4.29. The van der Waals surface area contributed by atoms with Crippen molar-refractivity contribution < 1.29 is 19.5 Å². The van der Waals surface area contributed by atoms with Gasteiger partial charge in [-0.1, -0.05) is 11.6 Å². The minimum absolute atomic E-state index is 0.0610. The average Bonchev–Trinajstić information content (AvgIpc) is 2.62. The van der Waals surface area contributed by atoms with E-state index >= 15 is 0 Å². The van der Waals surface area contributed by atoms with Gasteiger partial charge in [-0.3, -0.25) is 9.59 Å². The van der Waals surface area contributed by atoms with Crippen LogP contribution in [-0.4, -0.2) is 33.5 Å². The number of carbonyl (C=O) groups is 3. The van der Waals surface area contributed by atoms with Crippen LogP contribution in [0.2, 0.25) is 5.02 Å². The Morgan fingerprint density at radius 2 is 2.16 bits per heavy atom. The van der Waals surface area contributed by atoms with E-state index in [2.05, 4.69) is 5.32 Å². The number of aliphatic carboxylic acids is 1. The van der Waals surface area contributed by atoms with E-state index in [-0.39, 0.29) is 18.5 Å². The topological polar surface area (TPSA) is 114 Å². The van der Waals surface area contributed by atoms with E-state index < -0.39 is 23.8 Å². The lowest BCUT2D eigenvalue weighted by Gasteiger charge is -2.13. The summed E-state index contributed by atoms with van der Waals surface area (Å²) >= 11 is 5.73. The van der Waals surface area contributed by atoms with Gasteiger partial charge >= 0.3 is 5.97 Å². The van der Waals surface area contributed by atoms with Crippen LogP contribution in [0.25, 0.3) is 0 Å². The fourth-order valence-electron chi connectivity index (χ4n) is 1.53. The summed E-state index contributed by atoms with van der Waals surface area (Å²) in [5.74, 6) is -2.43. The number of halogens is 1. The first kappa shape index (κ1) is 15.0. The van der Waals surface area contributed by atoms with Crippen LogP contribution in [0.3, 0.4) is 0 Å². The van der Waals surface area contributed by atoms with Crippen molar-refractivity contribution in [2.75, 3.05) is 0 Å². The number of aromatic nitrogens is 1. The summed E-state index contributed by atoms with van der Waals surface area (Å²) in [5.41, 5.74) is 5.18. The van der Waals surface area contributed by atoms with Crippen molar-refractivity contribution in [2.24, 2.45) is 12.8 Å². The molecule has 0 saturated heterocycles. The largest absolute Gasteiger partial charge is 0.480 e. The van der Waals surface area contributed by atoms with Crippen LogP contribution in [0.4, 0.5) is 0 Å². The van der Waals surface area contributed by atoms with E-state index in [9.17, 15) is 14.4 Å². The minimum Gasteiger partial charge on any atom is -0.480 e. The van der Waals surface area contributed by atoms with Crippen LogP contribution in [0.5, 0.6) is 0 Å². The number of hydrogen-bond donors (Lipinski definition) is 3. The van der Waals surface area contributed by atoms with E-state index in [1.807, 2.05) is 0 Å². The van der Waals surface area contributed by atoms with E-state index in [1.165, 1.54) is 16.8 Å². The molecular weight excluding hydrogens is 274 g/mol. The van der Waals surface area contributed by atoms with Crippen molar-refractivity contribution in [1.29, 1.82) is 0 Å². The number of carbonyl (C=O) groups excluding carboxylic acids is 2. The molecule has 104 valence electrons. The summed E-state index contributed by atoms with van der Waals surface area (Å²) in [4.78, 5) is 33.5. The van der Waals surface area contributed by atoms with E-state index in [4.69, 9.17) is 22.4 Å². The molecule has 8 heteroatoms. The van der Waals surface area contributed by atoms with Gasteiger partial charge in [-0.25, -0.2) is 4.79 Å². The van der Waals surface area contributed by atoms with Gasteiger partial charge in [0.25, 0.3) is 5.91 Å². The molecule has 1 rings (SSSR count). The highest BCUT2D eigenvalue weighted by atomic mass is 35.5. The van der Waals surface area contributed by atoms with Gasteiger partial charge in [0, 0.05) is 19.7 Å². The van der Waals surface area contributed by atoms with Crippen molar-refractivity contribution in [1.82, 2.24) is 9.88 Å². The molecule has 0 aliphatic carbocycles. The highest BCUT2D eigenvalue weighted by molar-refractivity contribution is 6.31. The summed E-state index contributed by atoms with van der Waals surface area (Å²) in [6, 6.07) is 0.248. The lowest BCUT2D eigenvalue weighted by Crippen LogP contribution is -2.41. The third-order valence-corrected chi connectivity index (χ3v) is 2.69. The van der Waals surface area contributed by atoms with Crippen LogP contribution in [0.1, 0.15) is 23.3 Å². The van der Waals surface area contributed by atoms with Crippen LogP contribution < -0.4 is 11.1 Å². The van der Waals surface area contributed by atoms with Crippen molar-refractivity contribution in [3.05, 3.63) is 23.0 Å². The fourth-order valence-corrected chi connectivity index (χ4v) is 1.78. The first-order chi connectivity index (χ1) is 8.81. The van der Waals surface area contributed by atoms with Crippen molar-refractivity contribution in [3.63, 3.8) is 0 Å². The number of primary amides is 1. The van der Waals surface area contributed by atoms with E-state index in [1.54, 1.807) is 7.05 Å². The first-order valence-corrected chi connectivity index (χ1v) is 5.83. The second kappa shape index (κ2) is 6.24. The number of amides is 2. The van der Waals surface area contributed by atoms with Gasteiger partial charge in [0.05, 0.1) is 5.02 Å². The SMILES string of the molecule is Cn1cc(Cl)cc1C(=O)N[C@H](CCC(N)=O)C(=O)O. The Labute approximate surface area is 114 Å². The molecule has 0 bridgehead atoms. The predicted molar refractivity (Wildman–Crippen MR) is 67.7 cm³/mol. The molecule has 1 atom stereocenters. The fraction of sp³-hybridized carbons (Fsp3) is 0.364.